The van der Waals surface area contributed by atoms with Crippen LogP contribution in [0.15, 0.2) is 6.20 Å². The predicted octanol–water partition coefficient (Wildman–Crippen LogP) is 1.17. The Morgan fingerprint density at radius 1 is 1.44 bits per heavy atom. The molecule has 1 aliphatic carbocycles. The van der Waals surface area contributed by atoms with Crippen molar-refractivity contribution in [3.05, 3.63) is 11.9 Å². The molecule has 0 radical (unpaired) electrons. The van der Waals surface area contributed by atoms with Gasteiger partial charge in [0.2, 0.25) is 5.91 Å². The van der Waals surface area contributed by atoms with Crippen LogP contribution in [0.4, 0.5) is 5.69 Å². The van der Waals surface area contributed by atoms with E-state index in [-0.39, 0.29) is 17.7 Å². The summed E-state index contributed by atoms with van der Waals surface area (Å²) in [6.45, 7) is 1.82. The third-order valence-electron chi connectivity index (χ3n) is 3.42. The lowest BCUT2D eigenvalue weighted by molar-refractivity contribution is -0.141. The fourth-order valence-corrected chi connectivity index (χ4v) is 2.40. The zero-order valence-corrected chi connectivity index (χ0v) is 10.5. The third kappa shape index (κ3) is 2.52. The first kappa shape index (κ1) is 12.6. The molecule has 1 heterocycles. The minimum Gasteiger partial charge on any atom is -0.481 e. The zero-order valence-electron chi connectivity index (χ0n) is 10.5. The number of anilines is 1. The van der Waals surface area contributed by atoms with E-state index in [0.29, 0.717) is 24.9 Å². The average Bonchev–Trinajstić information content (AvgIpc) is 2.86. The predicted molar refractivity (Wildman–Crippen MR) is 65.0 cm³/mol. The van der Waals surface area contributed by atoms with Crippen molar-refractivity contribution >= 4 is 17.6 Å². The van der Waals surface area contributed by atoms with Gasteiger partial charge in [-0.25, -0.2) is 0 Å². The molecule has 6 nitrogen and oxygen atoms in total. The van der Waals surface area contributed by atoms with E-state index in [1.165, 1.54) is 0 Å². The molecule has 1 aromatic rings. The Labute approximate surface area is 105 Å². The zero-order chi connectivity index (χ0) is 13.3. The lowest BCUT2D eigenvalue weighted by Crippen LogP contribution is -2.21. The van der Waals surface area contributed by atoms with Gasteiger partial charge in [0.15, 0.2) is 0 Å². The minimum absolute atomic E-state index is 0.102. The average molecular weight is 251 g/mol. The molecule has 98 valence electrons. The van der Waals surface area contributed by atoms with Crippen molar-refractivity contribution in [3.63, 3.8) is 0 Å². The number of carboxylic acid groups (broad SMARTS) is 1. The SMILES string of the molecule is Cc1nn(C)cc1NC(=O)C1CCC(C(=O)O)C1. The van der Waals surface area contributed by atoms with Crippen LogP contribution in [0.1, 0.15) is 25.0 Å². The molecule has 2 atom stereocenters. The smallest absolute Gasteiger partial charge is 0.306 e. The number of nitrogens with one attached hydrogen (secondary N) is 1. The van der Waals surface area contributed by atoms with Crippen molar-refractivity contribution in [2.24, 2.45) is 18.9 Å². The van der Waals surface area contributed by atoms with E-state index in [2.05, 4.69) is 10.4 Å². The first-order valence-electron chi connectivity index (χ1n) is 6.01. The summed E-state index contributed by atoms with van der Waals surface area (Å²) in [7, 11) is 1.79. The number of aryl methyl sites for hydroxylation is 2. The van der Waals surface area contributed by atoms with Crippen LogP contribution in [-0.4, -0.2) is 26.8 Å². The lowest BCUT2D eigenvalue weighted by atomic mass is 10.0. The van der Waals surface area contributed by atoms with Gasteiger partial charge in [0.05, 0.1) is 17.3 Å². The molecule has 0 aromatic carbocycles. The summed E-state index contributed by atoms with van der Waals surface area (Å²) in [4.78, 5) is 22.8. The Balaban J connectivity index is 1.97. The maximum Gasteiger partial charge on any atom is 0.306 e. The summed E-state index contributed by atoms with van der Waals surface area (Å²) in [5.74, 6) is -1.49. The van der Waals surface area contributed by atoms with E-state index >= 15 is 0 Å². The molecule has 2 unspecified atom stereocenters. The van der Waals surface area contributed by atoms with Crippen LogP contribution in [0.25, 0.3) is 0 Å². The van der Waals surface area contributed by atoms with Gasteiger partial charge >= 0.3 is 5.97 Å². The number of carbonyl (C=O) groups is 2. The second-order valence-electron chi connectivity index (χ2n) is 4.84. The highest BCUT2D eigenvalue weighted by Crippen LogP contribution is 2.32. The van der Waals surface area contributed by atoms with Gasteiger partial charge in [0, 0.05) is 19.2 Å². The standard InChI is InChI=1S/C12H17N3O3/c1-7-10(6-15(2)14-7)13-11(16)8-3-4-9(5-8)12(17)18/h6,8-9H,3-5H2,1-2H3,(H,13,16)(H,17,18). The molecule has 6 heteroatoms. The van der Waals surface area contributed by atoms with Crippen LogP contribution < -0.4 is 5.32 Å². The normalized spacial score (nSPS) is 23.0. The Bertz CT molecular complexity index is 481. The first-order chi connectivity index (χ1) is 8.47. The van der Waals surface area contributed by atoms with Crippen molar-refractivity contribution in [2.45, 2.75) is 26.2 Å². The number of hydrogen-bond donors (Lipinski definition) is 2. The summed E-state index contributed by atoms with van der Waals surface area (Å²) in [6.07, 6.45) is 3.40. The number of rotatable bonds is 3. The largest absolute Gasteiger partial charge is 0.481 e. The number of carbonyl (C=O) groups excluding carboxylic acids is 1. The molecule has 1 amide bonds. The highest BCUT2D eigenvalue weighted by atomic mass is 16.4. The number of aliphatic carboxylic acids is 1. The summed E-state index contributed by atoms with van der Waals surface area (Å²) >= 11 is 0. The second kappa shape index (κ2) is 4.80. The molecule has 1 fully saturated rings. The number of carboxylic acids is 1. The van der Waals surface area contributed by atoms with E-state index in [9.17, 15) is 9.59 Å². The molecule has 1 aliphatic rings. The van der Waals surface area contributed by atoms with Gasteiger partial charge in [-0.15, -0.1) is 0 Å². The van der Waals surface area contributed by atoms with Crippen molar-refractivity contribution in [3.8, 4) is 0 Å². The van der Waals surface area contributed by atoms with E-state index in [1.807, 2.05) is 6.92 Å². The second-order valence-corrected chi connectivity index (χ2v) is 4.84. The topological polar surface area (TPSA) is 84.2 Å². The van der Waals surface area contributed by atoms with E-state index in [4.69, 9.17) is 5.11 Å². The van der Waals surface area contributed by atoms with Crippen molar-refractivity contribution in [2.75, 3.05) is 5.32 Å². The van der Waals surface area contributed by atoms with Crippen LogP contribution in [-0.2, 0) is 16.6 Å². The summed E-state index contributed by atoms with van der Waals surface area (Å²) in [6, 6.07) is 0. The highest BCUT2D eigenvalue weighted by Gasteiger charge is 2.34. The molecular weight excluding hydrogens is 234 g/mol. The maximum absolute atomic E-state index is 12.0. The molecule has 18 heavy (non-hydrogen) atoms. The molecular formula is C12H17N3O3. The van der Waals surface area contributed by atoms with E-state index in [0.717, 1.165) is 5.69 Å². The molecule has 1 saturated carbocycles. The van der Waals surface area contributed by atoms with Crippen LogP contribution in [0.3, 0.4) is 0 Å². The number of hydrogen-bond acceptors (Lipinski definition) is 3. The van der Waals surface area contributed by atoms with Crippen molar-refractivity contribution in [1.82, 2.24) is 9.78 Å². The van der Waals surface area contributed by atoms with Gasteiger partial charge < -0.3 is 10.4 Å². The van der Waals surface area contributed by atoms with E-state index < -0.39 is 5.97 Å². The van der Waals surface area contributed by atoms with Crippen LogP contribution in [0.5, 0.6) is 0 Å². The quantitative estimate of drug-likeness (QED) is 0.844. The maximum atomic E-state index is 12.0. The Kier molecular flexibility index (Phi) is 3.36. The lowest BCUT2D eigenvalue weighted by Gasteiger charge is -2.09. The molecule has 0 aliphatic heterocycles. The molecule has 2 N–H and O–H groups in total. The Hall–Kier alpha value is -1.85. The van der Waals surface area contributed by atoms with Crippen LogP contribution >= 0.6 is 0 Å². The Morgan fingerprint density at radius 2 is 2.11 bits per heavy atom. The minimum atomic E-state index is -0.803. The van der Waals surface area contributed by atoms with Gasteiger partial charge in [-0.3, -0.25) is 14.3 Å². The van der Waals surface area contributed by atoms with Gasteiger partial charge in [-0.05, 0) is 26.2 Å². The monoisotopic (exact) mass is 251 g/mol. The van der Waals surface area contributed by atoms with Crippen molar-refractivity contribution in [1.29, 1.82) is 0 Å². The third-order valence-corrected chi connectivity index (χ3v) is 3.42. The van der Waals surface area contributed by atoms with Crippen LogP contribution in [0, 0.1) is 18.8 Å². The molecule has 0 bridgehead atoms. The molecule has 1 aromatic heterocycles. The van der Waals surface area contributed by atoms with Crippen molar-refractivity contribution < 1.29 is 14.7 Å². The molecule has 2 rings (SSSR count). The van der Waals surface area contributed by atoms with Gasteiger partial charge in [0.1, 0.15) is 0 Å². The van der Waals surface area contributed by atoms with Crippen LogP contribution in [0.2, 0.25) is 0 Å². The number of amides is 1. The Morgan fingerprint density at radius 3 is 2.61 bits per heavy atom. The number of aromatic nitrogens is 2. The summed E-state index contributed by atoms with van der Waals surface area (Å²) in [5, 5.41) is 15.9. The highest BCUT2D eigenvalue weighted by molar-refractivity contribution is 5.93. The fraction of sp³-hybridized carbons (Fsp3) is 0.583. The van der Waals surface area contributed by atoms with E-state index in [1.54, 1.807) is 17.9 Å². The molecule has 0 saturated heterocycles. The van der Waals surface area contributed by atoms with Gasteiger partial charge in [-0.2, -0.15) is 5.10 Å². The number of nitrogens with zero attached hydrogens (tertiary/aromatic N) is 2. The van der Waals surface area contributed by atoms with Gasteiger partial charge in [-0.1, -0.05) is 0 Å². The molecule has 0 spiro atoms. The first-order valence-corrected chi connectivity index (χ1v) is 6.01. The fourth-order valence-electron chi connectivity index (χ4n) is 2.40. The summed E-state index contributed by atoms with van der Waals surface area (Å²) in [5.41, 5.74) is 1.46. The van der Waals surface area contributed by atoms with Gasteiger partial charge in [0.25, 0.3) is 0 Å². The summed E-state index contributed by atoms with van der Waals surface area (Å²) < 4.78 is 1.64.